The van der Waals surface area contributed by atoms with Crippen molar-refractivity contribution >= 4 is 17.8 Å². The predicted molar refractivity (Wildman–Crippen MR) is 60.9 cm³/mol. The molecule has 1 aromatic rings. The molecule has 2 N–H and O–H groups in total. The second kappa shape index (κ2) is 6.43. The maximum Gasteiger partial charge on any atom is 0.323 e. The van der Waals surface area contributed by atoms with Gasteiger partial charge >= 0.3 is 5.97 Å². The fourth-order valence-corrected chi connectivity index (χ4v) is 1.26. The van der Waals surface area contributed by atoms with E-state index >= 15 is 0 Å². The van der Waals surface area contributed by atoms with Gasteiger partial charge < -0.3 is 19.7 Å². The molecule has 0 saturated carbocycles. The highest BCUT2D eigenvalue weighted by Crippen LogP contribution is 1.99. The zero-order chi connectivity index (χ0) is 13.5. The number of nitrogens with one attached hydrogen (secondary N) is 1. The van der Waals surface area contributed by atoms with Crippen LogP contribution in [0.1, 0.15) is 17.0 Å². The van der Waals surface area contributed by atoms with Crippen LogP contribution in [-0.2, 0) is 9.59 Å². The third kappa shape index (κ3) is 4.28. The first-order valence-electron chi connectivity index (χ1n) is 5.28. The molecule has 0 aliphatic rings. The summed E-state index contributed by atoms with van der Waals surface area (Å²) in [6.45, 7) is -0.229. The molecule has 1 heterocycles. The smallest absolute Gasteiger partial charge is 0.323 e. The van der Waals surface area contributed by atoms with Crippen LogP contribution in [0.5, 0.6) is 0 Å². The number of carboxylic acids is 1. The topological polar surface area (TPSA) is 99.9 Å². The summed E-state index contributed by atoms with van der Waals surface area (Å²) in [5.41, 5.74) is 0. The van der Waals surface area contributed by atoms with E-state index in [4.69, 9.17) is 9.52 Å². The molecule has 0 fully saturated rings. The Bertz CT molecular complexity index is 427. The van der Waals surface area contributed by atoms with E-state index in [0.29, 0.717) is 0 Å². The fraction of sp³-hybridized carbons (Fsp3) is 0.364. The number of carboxylic acid groups (broad SMARTS) is 1. The number of rotatable bonds is 6. The van der Waals surface area contributed by atoms with E-state index in [1.54, 1.807) is 6.07 Å². The van der Waals surface area contributed by atoms with Crippen molar-refractivity contribution in [3.63, 3.8) is 0 Å². The third-order valence-corrected chi connectivity index (χ3v) is 2.17. The fourth-order valence-electron chi connectivity index (χ4n) is 1.26. The SMILES string of the molecule is CN(CC(=O)O)C(=O)CCNC(=O)c1ccco1. The van der Waals surface area contributed by atoms with Crippen LogP contribution in [0.2, 0.25) is 0 Å². The summed E-state index contributed by atoms with van der Waals surface area (Å²) in [5.74, 6) is -1.67. The maximum atomic E-state index is 11.4. The highest BCUT2D eigenvalue weighted by Gasteiger charge is 2.13. The average Bonchev–Trinajstić information content (AvgIpc) is 2.81. The van der Waals surface area contributed by atoms with Crippen LogP contribution in [0, 0.1) is 0 Å². The molecule has 0 radical (unpaired) electrons. The van der Waals surface area contributed by atoms with Gasteiger partial charge in [0.25, 0.3) is 5.91 Å². The van der Waals surface area contributed by atoms with Gasteiger partial charge in [0.15, 0.2) is 5.76 Å². The Morgan fingerprint density at radius 3 is 2.72 bits per heavy atom. The summed E-state index contributed by atoms with van der Waals surface area (Å²) in [4.78, 5) is 34.3. The number of aliphatic carboxylic acids is 1. The summed E-state index contributed by atoms with van der Waals surface area (Å²) >= 11 is 0. The van der Waals surface area contributed by atoms with Crippen molar-refractivity contribution in [1.29, 1.82) is 0 Å². The molecule has 0 saturated heterocycles. The van der Waals surface area contributed by atoms with Crippen LogP contribution >= 0.6 is 0 Å². The molecular formula is C11H14N2O5. The van der Waals surface area contributed by atoms with Crippen LogP contribution in [0.4, 0.5) is 0 Å². The molecule has 7 heteroatoms. The van der Waals surface area contributed by atoms with Crippen LogP contribution in [0.3, 0.4) is 0 Å². The normalized spacial score (nSPS) is 9.83. The molecular weight excluding hydrogens is 240 g/mol. The molecule has 0 spiro atoms. The van der Waals surface area contributed by atoms with E-state index in [1.165, 1.54) is 19.4 Å². The Morgan fingerprint density at radius 2 is 2.17 bits per heavy atom. The minimum Gasteiger partial charge on any atom is -0.480 e. The second-order valence-corrected chi connectivity index (χ2v) is 3.63. The van der Waals surface area contributed by atoms with Gasteiger partial charge in [0, 0.05) is 20.0 Å². The van der Waals surface area contributed by atoms with Crippen LogP contribution < -0.4 is 5.32 Å². The van der Waals surface area contributed by atoms with Gasteiger partial charge in [0.1, 0.15) is 6.54 Å². The first-order chi connectivity index (χ1) is 8.50. The molecule has 1 aromatic heterocycles. The second-order valence-electron chi connectivity index (χ2n) is 3.63. The number of furan rings is 1. The average molecular weight is 254 g/mol. The van der Waals surface area contributed by atoms with E-state index in [0.717, 1.165) is 4.90 Å². The Morgan fingerprint density at radius 1 is 1.44 bits per heavy atom. The first kappa shape index (κ1) is 13.8. The standard InChI is InChI=1S/C11H14N2O5/c1-13(7-10(15)16)9(14)4-5-12-11(17)8-3-2-6-18-8/h2-3,6H,4-5,7H2,1H3,(H,12,17)(H,15,16). The van der Waals surface area contributed by atoms with Crippen molar-refractivity contribution in [2.45, 2.75) is 6.42 Å². The quantitative estimate of drug-likeness (QED) is 0.741. The summed E-state index contributed by atoms with van der Waals surface area (Å²) in [7, 11) is 1.39. The number of carbonyl (C=O) groups excluding carboxylic acids is 2. The van der Waals surface area contributed by atoms with Crippen LogP contribution in [-0.4, -0.2) is 47.9 Å². The number of likely N-dealkylation sites (N-methyl/N-ethyl adjacent to an activating group) is 1. The summed E-state index contributed by atoms with van der Waals surface area (Å²) in [5, 5.41) is 11.0. The van der Waals surface area contributed by atoms with Gasteiger partial charge in [-0.3, -0.25) is 14.4 Å². The number of hydrogen-bond acceptors (Lipinski definition) is 4. The van der Waals surface area contributed by atoms with Gasteiger partial charge in [-0.25, -0.2) is 0 Å². The lowest BCUT2D eigenvalue weighted by Crippen LogP contribution is -2.35. The number of nitrogens with zero attached hydrogens (tertiary/aromatic N) is 1. The van der Waals surface area contributed by atoms with Gasteiger partial charge in [-0.1, -0.05) is 0 Å². The monoisotopic (exact) mass is 254 g/mol. The molecule has 98 valence electrons. The van der Waals surface area contributed by atoms with Crippen molar-refractivity contribution in [2.75, 3.05) is 20.1 Å². The van der Waals surface area contributed by atoms with E-state index in [9.17, 15) is 14.4 Å². The summed E-state index contributed by atoms with van der Waals surface area (Å²) < 4.78 is 4.87. The lowest BCUT2D eigenvalue weighted by Gasteiger charge is -2.14. The van der Waals surface area contributed by atoms with E-state index in [2.05, 4.69) is 5.32 Å². The minimum atomic E-state index is -1.08. The van der Waals surface area contributed by atoms with Gasteiger partial charge in [0.05, 0.1) is 6.26 Å². The summed E-state index contributed by atoms with van der Waals surface area (Å²) in [6, 6.07) is 3.09. The molecule has 0 bridgehead atoms. The zero-order valence-corrected chi connectivity index (χ0v) is 9.88. The number of carbonyl (C=O) groups is 3. The van der Waals surface area contributed by atoms with Gasteiger partial charge in [-0.2, -0.15) is 0 Å². The summed E-state index contributed by atoms with van der Waals surface area (Å²) in [6.07, 6.45) is 1.41. The van der Waals surface area contributed by atoms with Crippen LogP contribution in [0.25, 0.3) is 0 Å². The Kier molecular flexibility index (Phi) is 4.91. The van der Waals surface area contributed by atoms with Crippen molar-refractivity contribution in [2.24, 2.45) is 0 Å². The Balaban J connectivity index is 2.27. The van der Waals surface area contributed by atoms with Gasteiger partial charge in [0.2, 0.25) is 5.91 Å². The molecule has 2 amide bonds. The molecule has 7 nitrogen and oxygen atoms in total. The predicted octanol–water partition coefficient (Wildman–Crippen LogP) is -0.0575. The van der Waals surface area contributed by atoms with Crippen molar-refractivity contribution in [3.8, 4) is 0 Å². The Labute approximate surface area is 103 Å². The van der Waals surface area contributed by atoms with Crippen molar-refractivity contribution < 1.29 is 23.9 Å². The van der Waals surface area contributed by atoms with Crippen molar-refractivity contribution in [3.05, 3.63) is 24.2 Å². The van der Waals surface area contributed by atoms with Crippen molar-refractivity contribution in [1.82, 2.24) is 10.2 Å². The largest absolute Gasteiger partial charge is 0.480 e. The molecule has 0 atom stereocenters. The molecule has 0 aromatic carbocycles. The highest BCUT2D eigenvalue weighted by atomic mass is 16.4. The molecule has 18 heavy (non-hydrogen) atoms. The first-order valence-corrected chi connectivity index (χ1v) is 5.28. The third-order valence-electron chi connectivity index (χ3n) is 2.17. The van der Waals surface area contributed by atoms with Gasteiger partial charge in [-0.05, 0) is 12.1 Å². The Hall–Kier alpha value is -2.31. The molecule has 1 rings (SSSR count). The van der Waals surface area contributed by atoms with Gasteiger partial charge in [-0.15, -0.1) is 0 Å². The zero-order valence-electron chi connectivity index (χ0n) is 9.88. The maximum absolute atomic E-state index is 11.4. The number of hydrogen-bond donors (Lipinski definition) is 2. The highest BCUT2D eigenvalue weighted by molar-refractivity contribution is 5.91. The van der Waals surface area contributed by atoms with Crippen LogP contribution in [0.15, 0.2) is 22.8 Å². The van der Waals surface area contributed by atoms with E-state index < -0.39 is 11.9 Å². The lowest BCUT2D eigenvalue weighted by atomic mass is 10.3. The van der Waals surface area contributed by atoms with E-state index in [-0.39, 0.29) is 31.2 Å². The lowest BCUT2D eigenvalue weighted by molar-refractivity contribution is -0.143. The molecule has 0 aliphatic heterocycles. The van der Waals surface area contributed by atoms with E-state index in [1.807, 2.05) is 0 Å². The number of amides is 2. The minimum absolute atomic E-state index is 0.0379. The molecule has 0 aliphatic carbocycles. The molecule has 0 unspecified atom stereocenters.